The van der Waals surface area contributed by atoms with Crippen molar-refractivity contribution in [2.24, 2.45) is 5.92 Å². The number of rotatable bonds is 6. The van der Waals surface area contributed by atoms with E-state index in [1.165, 1.54) is 0 Å². The number of aliphatic hydroxyl groups is 1. The van der Waals surface area contributed by atoms with E-state index in [1.807, 2.05) is 4.68 Å². The first-order chi connectivity index (χ1) is 7.19. The molecule has 4 nitrogen and oxygen atoms in total. The minimum Gasteiger partial charge on any atom is -0.392 e. The molecule has 4 heteroatoms. The molecule has 86 valence electrons. The van der Waals surface area contributed by atoms with Gasteiger partial charge in [-0.15, -0.1) is 0 Å². The van der Waals surface area contributed by atoms with E-state index in [0.29, 0.717) is 12.3 Å². The van der Waals surface area contributed by atoms with E-state index in [2.05, 4.69) is 30.9 Å². The molecule has 0 spiro atoms. The molecule has 0 bridgehead atoms. The minimum atomic E-state index is -0.310. The van der Waals surface area contributed by atoms with Crippen LogP contribution in [0.1, 0.15) is 39.4 Å². The summed E-state index contributed by atoms with van der Waals surface area (Å²) in [5.74, 6) is 1.21. The monoisotopic (exact) mass is 211 g/mol. The molecule has 2 atom stereocenters. The zero-order chi connectivity index (χ0) is 11.3. The van der Waals surface area contributed by atoms with E-state index in [4.69, 9.17) is 0 Å². The van der Waals surface area contributed by atoms with Gasteiger partial charge in [0.1, 0.15) is 12.2 Å². The van der Waals surface area contributed by atoms with Crippen molar-refractivity contribution in [1.82, 2.24) is 14.8 Å². The number of hydrogen-bond donors (Lipinski definition) is 1. The van der Waals surface area contributed by atoms with Crippen LogP contribution in [-0.4, -0.2) is 26.0 Å². The van der Waals surface area contributed by atoms with Gasteiger partial charge in [0.15, 0.2) is 0 Å². The van der Waals surface area contributed by atoms with Crippen molar-refractivity contribution in [1.29, 1.82) is 0 Å². The van der Waals surface area contributed by atoms with E-state index in [9.17, 15) is 5.11 Å². The lowest BCUT2D eigenvalue weighted by atomic mass is 9.99. The van der Waals surface area contributed by atoms with Gasteiger partial charge in [-0.2, -0.15) is 5.10 Å². The van der Waals surface area contributed by atoms with Gasteiger partial charge in [0.05, 0.1) is 6.10 Å². The van der Waals surface area contributed by atoms with Crippen LogP contribution in [0.4, 0.5) is 0 Å². The zero-order valence-corrected chi connectivity index (χ0v) is 9.85. The lowest BCUT2D eigenvalue weighted by Crippen LogP contribution is -2.22. The maximum Gasteiger partial charge on any atom is 0.138 e. The van der Waals surface area contributed by atoms with Crippen LogP contribution in [0.15, 0.2) is 6.33 Å². The van der Waals surface area contributed by atoms with E-state index >= 15 is 0 Å². The minimum absolute atomic E-state index is 0.310. The lowest BCUT2D eigenvalue weighted by Gasteiger charge is -2.16. The van der Waals surface area contributed by atoms with E-state index < -0.39 is 0 Å². The third kappa shape index (κ3) is 3.30. The smallest absolute Gasteiger partial charge is 0.138 e. The van der Waals surface area contributed by atoms with Gasteiger partial charge < -0.3 is 5.11 Å². The summed E-state index contributed by atoms with van der Waals surface area (Å²) in [6.45, 7) is 7.13. The molecule has 15 heavy (non-hydrogen) atoms. The van der Waals surface area contributed by atoms with Gasteiger partial charge in [0.25, 0.3) is 0 Å². The molecule has 0 aliphatic rings. The molecule has 0 aromatic carbocycles. The Labute approximate surface area is 91.3 Å². The zero-order valence-electron chi connectivity index (χ0n) is 9.85. The topological polar surface area (TPSA) is 50.9 Å². The number of aliphatic hydroxyl groups excluding tert-OH is 1. The molecule has 2 unspecified atom stereocenters. The Balaban J connectivity index is 2.59. The van der Waals surface area contributed by atoms with Crippen molar-refractivity contribution in [3.63, 3.8) is 0 Å². The summed E-state index contributed by atoms with van der Waals surface area (Å²) in [4.78, 5) is 4.18. The molecule has 1 heterocycles. The number of hydrogen-bond acceptors (Lipinski definition) is 3. The standard InChI is InChI=1S/C11H21N3O/c1-4-6-14-11(12-8-13-14)7-10(15)9(3)5-2/h8-10,15H,4-7H2,1-3H3. The van der Waals surface area contributed by atoms with Gasteiger partial charge in [-0.05, 0) is 12.3 Å². The Morgan fingerprint density at radius 1 is 1.47 bits per heavy atom. The molecule has 0 amide bonds. The second kappa shape index (κ2) is 5.85. The molecule has 1 aromatic heterocycles. The Kier molecular flexibility index (Phi) is 4.75. The second-order valence-electron chi connectivity index (χ2n) is 4.06. The maximum atomic E-state index is 9.90. The first-order valence-electron chi connectivity index (χ1n) is 5.73. The quantitative estimate of drug-likeness (QED) is 0.778. The van der Waals surface area contributed by atoms with Crippen LogP contribution in [0.5, 0.6) is 0 Å². The highest BCUT2D eigenvalue weighted by molar-refractivity contribution is 4.88. The van der Waals surface area contributed by atoms with Crippen LogP contribution in [-0.2, 0) is 13.0 Å². The summed E-state index contributed by atoms with van der Waals surface area (Å²) in [7, 11) is 0. The fourth-order valence-corrected chi connectivity index (χ4v) is 1.51. The third-order valence-corrected chi connectivity index (χ3v) is 2.82. The summed E-state index contributed by atoms with van der Waals surface area (Å²) < 4.78 is 1.88. The van der Waals surface area contributed by atoms with Gasteiger partial charge in [-0.1, -0.05) is 27.2 Å². The number of aromatic nitrogens is 3. The van der Waals surface area contributed by atoms with Crippen molar-refractivity contribution >= 4 is 0 Å². The highest BCUT2D eigenvalue weighted by Gasteiger charge is 2.15. The summed E-state index contributed by atoms with van der Waals surface area (Å²) in [6, 6.07) is 0. The highest BCUT2D eigenvalue weighted by Crippen LogP contribution is 2.11. The molecule has 0 fully saturated rings. The molecular formula is C11H21N3O. The largest absolute Gasteiger partial charge is 0.392 e. The van der Waals surface area contributed by atoms with Crippen molar-refractivity contribution in [2.45, 2.75) is 52.7 Å². The maximum absolute atomic E-state index is 9.90. The third-order valence-electron chi connectivity index (χ3n) is 2.82. The van der Waals surface area contributed by atoms with Crippen LogP contribution in [0, 0.1) is 5.92 Å². The lowest BCUT2D eigenvalue weighted by molar-refractivity contribution is 0.111. The van der Waals surface area contributed by atoms with E-state index in [0.717, 1.165) is 25.2 Å². The Bertz CT molecular complexity index is 285. The first kappa shape index (κ1) is 12.2. The van der Waals surface area contributed by atoms with Gasteiger partial charge in [-0.25, -0.2) is 4.98 Å². The second-order valence-corrected chi connectivity index (χ2v) is 4.06. The molecule has 0 saturated carbocycles. The molecule has 0 saturated heterocycles. The summed E-state index contributed by atoms with van der Waals surface area (Å²) in [5.41, 5.74) is 0. The average Bonchev–Trinajstić information content (AvgIpc) is 2.65. The van der Waals surface area contributed by atoms with Gasteiger partial charge >= 0.3 is 0 Å². The van der Waals surface area contributed by atoms with E-state index in [-0.39, 0.29) is 6.10 Å². The van der Waals surface area contributed by atoms with Crippen molar-refractivity contribution in [2.75, 3.05) is 0 Å². The van der Waals surface area contributed by atoms with Crippen LogP contribution >= 0.6 is 0 Å². The van der Waals surface area contributed by atoms with E-state index in [1.54, 1.807) is 6.33 Å². The SMILES string of the molecule is CCCn1ncnc1CC(O)C(C)CC. The molecule has 0 aliphatic carbocycles. The molecule has 0 aliphatic heterocycles. The Morgan fingerprint density at radius 3 is 2.80 bits per heavy atom. The van der Waals surface area contributed by atoms with Crippen molar-refractivity contribution < 1.29 is 5.11 Å². The summed E-state index contributed by atoms with van der Waals surface area (Å²) >= 11 is 0. The molecule has 1 aromatic rings. The molecule has 1 N–H and O–H groups in total. The predicted molar refractivity (Wildman–Crippen MR) is 59.5 cm³/mol. The Morgan fingerprint density at radius 2 is 2.20 bits per heavy atom. The van der Waals surface area contributed by atoms with Gasteiger partial charge in [-0.3, -0.25) is 4.68 Å². The number of aryl methyl sites for hydroxylation is 1. The molecular weight excluding hydrogens is 190 g/mol. The number of nitrogens with zero attached hydrogens (tertiary/aromatic N) is 3. The Hall–Kier alpha value is -0.900. The van der Waals surface area contributed by atoms with Crippen molar-refractivity contribution in [3.05, 3.63) is 12.2 Å². The molecule has 0 radical (unpaired) electrons. The van der Waals surface area contributed by atoms with Crippen LogP contribution in [0.3, 0.4) is 0 Å². The van der Waals surface area contributed by atoms with Crippen LogP contribution < -0.4 is 0 Å². The van der Waals surface area contributed by atoms with Crippen molar-refractivity contribution in [3.8, 4) is 0 Å². The normalized spacial score (nSPS) is 15.2. The van der Waals surface area contributed by atoms with Gasteiger partial charge in [0.2, 0.25) is 0 Å². The van der Waals surface area contributed by atoms with Crippen LogP contribution in [0.25, 0.3) is 0 Å². The van der Waals surface area contributed by atoms with Crippen LogP contribution in [0.2, 0.25) is 0 Å². The highest BCUT2D eigenvalue weighted by atomic mass is 16.3. The molecule has 1 rings (SSSR count). The first-order valence-corrected chi connectivity index (χ1v) is 5.73. The summed E-state index contributed by atoms with van der Waals surface area (Å²) in [5, 5.41) is 14.0. The summed E-state index contributed by atoms with van der Waals surface area (Å²) in [6.07, 6.45) is 3.89. The fraction of sp³-hybridized carbons (Fsp3) is 0.818. The predicted octanol–water partition coefficient (Wildman–Crippen LogP) is 1.64. The van der Waals surface area contributed by atoms with Gasteiger partial charge in [0, 0.05) is 13.0 Å². The fourth-order valence-electron chi connectivity index (χ4n) is 1.51. The average molecular weight is 211 g/mol.